The maximum atomic E-state index is 4.02. The predicted molar refractivity (Wildman–Crippen MR) is 73.0 cm³/mol. The van der Waals surface area contributed by atoms with Gasteiger partial charge in [-0.2, -0.15) is 0 Å². The van der Waals surface area contributed by atoms with Crippen LogP contribution in [0.5, 0.6) is 0 Å². The van der Waals surface area contributed by atoms with Crippen molar-refractivity contribution in [1.29, 1.82) is 0 Å². The molecule has 0 aliphatic rings. The smallest absolute Gasteiger partial charge is 0.0894 e. The molecule has 18 heavy (non-hydrogen) atoms. The lowest BCUT2D eigenvalue weighted by molar-refractivity contribution is 0.803. The SMILES string of the molecule is c1csc(CNc2ccccc2-n2ccnn2)c1. The molecule has 0 fully saturated rings. The molecule has 4 nitrogen and oxygen atoms in total. The van der Waals surface area contributed by atoms with E-state index in [4.69, 9.17) is 0 Å². The van der Waals surface area contributed by atoms with Crippen molar-refractivity contribution in [3.8, 4) is 5.69 Å². The number of aromatic nitrogens is 3. The molecule has 1 N–H and O–H groups in total. The van der Waals surface area contributed by atoms with Gasteiger partial charge in [-0.25, -0.2) is 4.68 Å². The fraction of sp³-hybridized carbons (Fsp3) is 0.0769. The Labute approximate surface area is 109 Å². The van der Waals surface area contributed by atoms with E-state index in [0.29, 0.717) is 0 Å². The first-order chi connectivity index (χ1) is 8.93. The van der Waals surface area contributed by atoms with Crippen molar-refractivity contribution in [1.82, 2.24) is 15.0 Å². The molecule has 0 atom stereocenters. The van der Waals surface area contributed by atoms with Gasteiger partial charge in [0.1, 0.15) is 0 Å². The number of hydrogen-bond acceptors (Lipinski definition) is 4. The van der Waals surface area contributed by atoms with E-state index in [0.717, 1.165) is 17.9 Å². The Morgan fingerprint density at radius 3 is 2.89 bits per heavy atom. The summed E-state index contributed by atoms with van der Waals surface area (Å²) in [5.74, 6) is 0. The van der Waals surface area contributed by atoms with Crippen LogP contribution in [0.3, 0.4) is 0 Å². The van der Waals surface area contributed by atoms with Crippen LogP contribution < -0.4 is 5.32 Å². The molecule has 0 unspecified atom stereocenters. The second-order valence-corrected chi connectivity index (χ2v) is 4.83. The number of rotatable bonds is 4. The first-order valence-electron chi connectivity index (χ1n) is 5.65. The molecular formula is C13H12N4S. The monoisotopic (exact) mass is 256 g/mol. The topological polar surface area (TPSA) is 42.7 Å². The van der Waals surface area contributed by atoms with Crippen LogP contribution in [0.2, 0.25) is 0 Å². The largest absolute Gasteiger partial charge is 0.378 e. The Morgan fingerprint density at radius 1 is 1.17 bits per heavy atom. The van der Waals surface area contributed by atoms with Gasteiger partial charge in [0.2, 0.25) is 0 Å². The zero-order valence-corrected chi connectivity index (χ0v) is 10.5. The van der Waals surface area contributed by atoms with Crippen molar-refractivity contribution in [2.24, 2.45) is 0 Å². The third-order valence-electron chi connectivity index (χ3n) is 2.61. The highest BCUT2D eigenvalue weighted by Gasteiger charge is 2.04. The molecule has 90 valence electrons. The van der Waals surface area contributed by atoms with Crippen molar-refractivity contribution in [2.45, 2.75) is 6.54 Å². The minimum Gasteiger partial charge on any atom is -0.378 e. The number of hydrogen-bond donors (Lipinski definition) is 1. The molecule has 5 heteroatoms. The lowest BCUT2D eigenvalue weighted by atomic mass is 10.2. The zero-order valence-electron chi connectivity index (χ0n) is 9.65. The molecule has 0 bridgehead atoms. The lowest BCUT2D eigenvalue weighted by Crippen LogP contribution is -2.04. The van der Waals surface area contributed by atoms with Crippen molar-refractivity contribution in [2.75, 3.05) is 5.32 Å². The van der Waals surface area contributed by atoms with Crippen molar-refractivity contribution < 1.29 is 0 Å². The Hall–Kier alpha value is -2.14. The van der Waals surface area contributed by atoms with Gasteiger partial charge in [0, 0.05) is 11.4 Å². The van der Waals surface area contributed by atoms with Crippen LogP contribution in [0.1, 0.15) is 4.88 Å². The van der Waals surface area contributed by atoms with Crippen LogP contribution >= 0.6 is 11.3 Å². The highest BCUT2D eigenvalue weighted by atomic mass is 32.1. The van der Waals surface area contributed by atoms with E-state index in [-0.39, 0.29) is 0 Å². The van der Waals surface area contributed by atoms with Gasteiger partial charge in [0.15, 0.2) is 0 Å². The number of nitrogens with one attached hydrogen (secondary N) is 1. The molecule has 0 saturated carbocycles. The summed E-state index contributed by atoms with van der Waals surface area (Å²) >= 11 is 1.75. The lowest BCUT2D eigenvalue weighted by Gasteiger charge is -2.10. The van der Waals surface area contributed by atoms with E-state index in [1.54, 1.807) is 22.2 Å². The Kier molecular flexibility index (Phi) is 3.06. The predicted octanol–water partition coefficient (Wildman–Crippen LogP) is 2.94. The Balaban J connectivity index is 1.84. The van der Waals surface area contributed by atoms with Crippen LogP contribution in [-0.2, 0) is 6.54 Å². The highest BCUT2D eigenvalue weighted by molar-refractivity contribution is 7.09. The van der Waals surface area contributed by atoms with E-state index >= 15 is 0 Å². The first-order valence-corrected chi connectivity index (χ1v) is 6.53. The van der Waals surface area contributed by atoms with E-state index in [2.05, 4.69) is 33.1 Å². The molecule has 0 spiro atoms. The molecule has 0 aliphatic carbocycles. The third-order valence-corrected chi connectivity index (χ3v) is 3.48. The van der Waals surface area contributed by atoms with Crippen molar-refractivity contribution >= 4 is 17.0 Å². The minimum atomic E-state index is 0.823. The van der Waals surface area contributed by atoms with E-state index < -0.39 is 0 Å². The fourth-order valence-corrected chi connectivity index (χ4v) is 2.40. The van der Waals surface area contributed by atoms with E-state index in [9.17, 15) is 0 Å². The molecule has 3 rings (SSSR count). The normalized spacial score (nSPS) is 10.4. The molecule has 2 aromatic heterocycles. The van der Waals surface area contributed by atoms with Crippen molar-refractivity contribution in [3.63, 3.8) is 0 Å². The quantitative estimate of drug-likeness (QED) is 0.780. The van der Waals surface area contributed by atoms with Crippen LogP contribution in [0.15, 0.2) is 54.2 Å². The number of benzene rings is 1. The molecule has 0 aliphatic heterocycles. The van der Waals surface area contributed by atoms with Gasteiger partial charge in [-0.05, 0) is 23.6 Å². The van der Waals surface area contributed by atoms with Gasteiger partial charge in [0.25, 0.3) is 0 Å². The number of para-hydroxylation sites is 2. The standard InChI is InChI=1S/C13H12N4S/c1-2-6-13(17-8-7-15-16-17)12(5-1)14-10-11-4-3-9-18-11/h1-9,14H,10H2. The Morgan fingerprint density at radius 2 is 2.11 bits per heavy atom. The summed E-state index contributed by atoms with van der Waals surface area (Å²) in [7, 11) is 0. The molecular weight excluding hydrogens is 244 g/mol. The average molecular weight is 256 g/mol. The summed E-state index contributed by atoms with van der Waals surface area (Å²) in [6.07, 6.45) is 3.52. The first kappa shape index (κ1) is 11.0. The zero-order chi connectivity index (χ0) is 12.2. The second-order valence-electron chi connectivity index (χ2n) is 3.80. The summed E-state index contributed by atoms with van der Waals surface area (Å²) in [6, 6.07) is 12.3. The number of anilines is 1. The van der Waals surface area contributed by atoms with Gasteiger partial charge in [-0.3, -0.25) is 0 Å². The third kappa shape index (κ3) is 2.26. The van der Waals surface area contributed by atoms with E-state index in [1.807, 2.05) is 30.5 Å². The summed E-state index contributed by atoms with van der Waals surface area (Å²) in [5, 5.41) is 13.4. The molecule has 2 heterocycles. The summed E-state index contributed by atoms with van der Waals surface area (Å²) in [4.78, 5) is 1.31. The average Bonchev–Trinajstić information content (AvgIpc) is 3.10. The van der Waals surface area contributed by atoms with Crippen LogP contribution in [0.4, 0.5) is 5.69 Å². The molecule has 3 aromatic rings. The molecule has 0 amide bonds. The Bertz CT molecular complexity index is 602. The number of nitrogens with zero attached hydrogens (tertiary/aromatic N) is 3. The van der Waals surface area contributed by atoms with Gasteiger partial charge >= 0.3 is 0 Å². The van der Waals surface area contributed by atoms with Crippen molar-refractivity contribution in [3.05, 3.63) is 59.0 Å². The minimum absolute atomic E-state index is 0.823. The number of thiophene rings is 1. The second kappa shape index (κ2) is 5.01. The van der Waals surface area contributed by atoms with Gasteiger partial charge in [-0.1, -0.05) is 23.4 Å². The fourth-order valence-electron chi connectivity index (χ4n) is 1.76. The molecule has 0 radical (unpaired) electrons. The van der Waals surface area contributed by atoms with E-state index in [1.165, 1.54) is 4.88 Å². The summed E-state index contributed by atoms with van der Waals surface area (Å²) < 4.78 is 1.76. The maximum Gasteiger partial charge on any atom is 0.0894 e. The molecule has 1 aromatic carbocycles. The summed E-state index contributed by atoms with van der Waals surface area (Å²) in [6.45, 7) is 0.823. The summed E-state index contributed by atoms with van der Waals surface area (Å²) in [5.41, 5.74) is 2.06. The van der Waals surface area contributed by atoms with Gasteiger partial charge in [-0.15, -0.1) is 16.4 Å². The highest BCUT2D eigenvalue weighted by Crippen LogP contribution is 2.20. The maximum absolute atomic E-state index is 4.02. The van der Waals surface area contributed by atoms with Crippen LogP contribution in [0.25, 0.3) is 5.69 Å². The van der Waals surface area contributed by atoms with Gasteiger partial charge < -0.3 is 5.32 Å². The van der Waals surface area contributed by atoms with Crippen LogP contribution in [0, 0.1) is 0 Å². The van der Waals surface area contributed by atoms with Gasteiger partial charge in [0.05, 0.1) is 23.8 Å². The molecule has 0 saturated heterocycles. The van der Waals surface area contributed by atoms with Crippen LogP contribution in [-0.4, -0.2) is 15.0 Å².